The fourth-order valence-corrected chi connectivity index (χ4v) is 6.47. The number of hydrogen-bond donors (Lipinski definition) is 1. The summed E-state index contributed by atoms with van der Waals surface area (Å²) in [6.45, 7) is 0. The van der Waals surface area contributed by atoms with E-state index < -0.39 is 25.2 Å². The van der Waals surface area contributed by atoms with E-state index in [-0.39, 0.29) is 12.8 Å². The summed E-state index contributed by atoms with van der Waals surface area (Å²) in [5.41, 5.74) is 13.6. The van der Waals surface area contributed by atoms with Gasteiger partial charge < -0.3 is 5.73 Å². The highest BCUT2D eigenvalue weighted by Gasteiger charge is 2.26. The van der Waals surface area contributed by atoms with Crippen molar-refractivity contribution < 1.29 is 26.3 Å². The second kappa shape index (κ2) is 17.7. The van der Waals surface area contributed by atoms with Gasteiger partial charge in [-0.05, 0) is 85.0 Å². The predicted octanol–water partition coefficient (Wildman–Crippen LogP) is 13.1. The number of nitrogen functional groups attached to an aromatic ring is 1. The predicted molar refractivity (Wildman–Crippen MR) is 182 cm³/mol. The van der Waals surface area contributed by atoms with Gasteiger partial charge in [-0.3, -0.25) is 0 Å². The lowest BCUT2D eigenvalue weighted by atomic mass is 9.94. The highest BCUT2D eigenvalue weighted by molar-refractivity contribution is 5.97. The van der Waals surface area contributed by atoms with Crippen LogP contribution in [0, 0.1) is 0 Å². The molecule has 0 aliphatic carbocycles. The van der Waals surface area contributed by atoms with E-state index >= 15 is 0 Å². The second-order valence-corrected chi connectivity index (χ2v) is 13.0. The number of benzene rings is 3. The number of unbranched alkanes of at least 4 members (excludes halogenated alkanes) is 12. The van der Waals surface area contributed by atoms with Crippen molar-refractivity contribution in [3.8, 4) is 11.1 Å². The van der Waals surface area contributed by atoms with E-state index in [1.807, 2.05) is 12.1 Å². The van der Waals surface area contributed by atoms with Gasteiger partial charge in [0.15, 0.2) is 0 Å². The van der Waals surface area contributed by atoms with E-state index in [0.717, 1.165) is 110 Å². The van der Waals surface area contributed by atoms with Crippen LogP contribution in [0.2, 0.25) is 0 Å². The Labute approximate surface area is 275 Å². The summed E-state index contributed by atoms with van der Waals surface area (Å²) in [7, 11) is 0. The first-order chi connectivity index (χ1) is 22.5. The van der Waals surface area contributed by atoms with Gasteiger partial charge in [-0.1, -0.05) is 101 Å². The molecule has 2 N–H and O–H groups in total. The molecule has 0 atom stereocenters. The molecular formula is C39H48F6N2. The Morgan fingerprint density at radius 3 is 1.64 bits per heavy atom. The van der Waals surface area contributed by atoms with Crippen LogP contribution in [-0.4, -0.2) is 17.3 Å². The molecule has 0 bridgehead atoms. The van der Waals surface area contributed by atoms with E-state index in [1.54, 1.807) is 0 Å². The molecule has 8 heteroatoms. The third kappa shape index (κ3) is 12.7. The second-order valence-electron chi connectivity index (χ2n) is 13.0. The maximum absolute atomic E-state index is 12.3. The van der Waals surface area contributed by atoms with Crippen LogP contribution >= 0.6 is 0 Å². The van der Waals surface area contributed by atoms with Crippen molar-refractivity contribution in [2.45, 2.75) is 128 Å². The third-order valence-electron chi connectivity index (χ3n) is 8.96. The number of halogens is 6. The average Bonchev–Trinajstić information content (AvgIpc) is 3.01. The number of pyridine rings is 1. The maximum Gasteiger partial charge on any atom is 0.389 e. The molecule has 0 saturated heterocycles. The number of rotatable bonds is 19. The van der Waals surface area contributed by atoms with Crippen molar-refractivity contribution in [2.75, 3.05) is 5.73 Å². The van der Waals surface area contributed by atoms with Crippen molar-refractivity contribution >= 4 is 27.5 Å². The number of nitrogens with two attached hydrogens (primary N) is 1. The van der Waals surface area contributed by atoms with Crippen molar-refractivity contribution in [3.63, 3.8) is 0 Å². The molecule has 0 aliphatic rings. The molecule has 0 amide bonds. The molecule has 4 aromatic rings. The van der Waals surface area contributed by atoms with E-state index in [4.69, 9.17) is 10.7 Å². The summed E-state index contributed by atoms with van der Waals surface area (Å²) < 4.78 is 73.9. The summed E-state index contributed by atoms with van der Waals surface area (Å²) in [5, 5.41) is 2.07. The minimum Gasteiger partial charge on any atom is -0.399 e. The topological polar surface area (TPSA) is 38.9 Å². The van der Waals surface area contributed by atoms with Crippen LogP contribution in [0.3, 0.4) is 0 Å². The van der Waals surface area contributed by atoms with Gasteiger partial charge in [0.05, 0.1) is 11.0 Å². The Kier molecular flexibility index (Phi) is 13.8. The van der Waals surface area contributed by atoms with Crippen LogP contribution in [0.5, 0.6) is 0 Å². The van der Waals surface area contributed by atoms with Gasteiger partial charge in [0.1, 0.15) is 0 Å². The molecule has 0 spiro atoms. The summed E-state index contributed by atoms with van der Waals surface area (Å²) >= 11 is 0. The SMILES string of the molecule is Nc1cc(CCCCCCCCCC(F)(F)F)c2nc3cc(-c4ccccc4CCCCCCCCCC(F)(F)F)ccc3cc2c1. The van der Waals surface area contributed by atoms with E-state index in [9.17, 15) is 26.3 Å². The number of fused-ring (bicyclic) bond motifs is 2. The molecular weight excluding hydrogens is 610 g/mol. The minimum absolute atomic E-state index is 0.215. The van der Waals surface area contributed by atoms with Gasteiger partial charge in [-0.2, -0.15) is 26.3 Å². The standard InChI is InChI=1S/C39H48F6N2/c40-38(41,42)23-15-9-5-1-3-7-11-17-29-18-13-14-20-35(29)30-21-22-31-25-33-27-34(46)26-32(37(33)47-36(31)28-30)19-12-8-4-2-6-10-16-24-39(43,44)45/h13-14,18,20-22,25-28H,1-12,15-17,19,23-24,46H2. The van der Waals surface area contributed by atoms with Crippen LogP contribution in [0.4, 0.5) is 32.0 Å². The molecule has 0 radical (unpaired) electrons. The van der Waals surface area contributed by atoms with Gasteiger partial charge >= 0.3 is 12.4 Å². The summed E-state index contributed by atoms with van der Waals surface area (Å²) in [6.07, 6.45) is 3.83. The minimum atomic E-state index is -4.05. The largest absolute Gasteiger partial charge is 0.399 e. The van der Waals surface area contributed by atoms with Crippen LogP contribution < -0.4 is 5.73 Å². The van der Waals surface area contributed by atoms with Crippen LogP contribution in [0.1, 0.15) is 114 Å². The fraction of sp³-hybridized carbons (Fsp3) is 0.513. The van der Waals surface area contributed by atoms with Crippen molar-refractivity contribution in [2.24, 2.45) is 0 Å². The number of aryl methyl sites for hydroxylation is 2. The van der Waals surface area contributed by atoms with Crippen LogP contribution in [0.15, 0.2) is 60.7 Å². The van der Waals surface area contributed by atoms with Gasteiger partial charge in [0.2, 0.25) is 0 Å². The van der Waals surface area contributed by atoms with Crippen LogP contribution in [0.25, 0.3) is 32.9 Å². The summed E-state index contributed by atoms with van der Waals surface area (Å²) in [5.74, 6) is 0. The third-order valence-corrected chi connectivity index (χ3v) is 8.96. The van der Waals surface area contributed by atoms with Crippen molar-refractivity contribution in [1.29, 1.82) is 0 Å². The molecule has 0 aliphatic heterocycles. The van der Waals surface area contributed by atoms with E-state index in [2.05, 4.69) is 48.5 Å². The first-order valence-corrected chi connectivity index (χ1v) is 17.3. The molecule has 0 saturated carbocycles. The molecule has 47 heavy (non-hydrogen) atoms. The van der Waals surface area contributed by atoms with Crippen molar-refractivity contribution in [1.82, 2.24) is 4.98 Å². The highest BCUT2D eigenvalue weighted by Crippen LogP contribution is 2.32. The smallest absolute Gasteiger partial charge is 0.389 e. The Hall–Kier alpha value is -3.29. The van der Waals surface area contributed by atoms with Gasteiger partial charge in [-0.25, -0.2) is 4.98 Å². The summed E-state index contributed by atoms with van der Waals surface area (Å²) in [6, 6.07) is 21.0. The summed E-state index contributed by atoms with van der Waals surface area (Å²) in [4.78, 5) is 5.12. The molecule has 2 nitrogen and oxygen atoms in total. The fourth-order valence-electron chi connectivity index (χ4n) is 6.47. The van der Waals surface area contributed by atoms with E-state index in [1.165, 1.54) is 11.1 Å². The monoisotopic (exact) mass is 658 g/mol. The van der Waals surface area contributed by atoms with Gasteiger partial charge in [0.25, 0.3) is 0 Å². The Balaban J connectivity index is 1.33. The lowest BCUT2D eigenvalue weighted by Crippen LogP contribution is -2.06. The average molecular weight is 659 g/mol. The Bertz CT molecular complexity index is 1540. The molecule has 1 aromatic heterocycles. The molecule has 3 aromatic carbocycles. The van der Waals surface area contributed by atoms with Crippen molar-refractivity contribution in [3.05, 3.63) is 71.8 Å². The zero-order chi connectivity index (χ0) is 33.7. The zero-order valence-corrected chi connectivity index (χ0v) is 27.3. The number of aromatic nitrogens is 1. The molecule has 4 rings (SSSR count). The van der Waals surface area contributed by atoms with Crippen LogP contribution in [-0.2, 0) is 12.8 Å². The first kappa shape index (κ1) is 36.5. The normalized spacial score (nSPS) is 12.4. The lowest BCUT2D eigenvalue weighted by molar-refractivity contribution is -0.136. The van der Waals surface area contributed by atoms with Gasteiger partial charge in [-0.15, -0.1) is 0 Å². The molecule has 1 heterocycles. The lowest BCUT2D eigenvalue weighted by Gasteiger charge is -2.13. The number of anilines is 1. The number of alkyl halides is 6. The first-order valence-electron chi connectivity index (χ1n) is 17.3. The Morgan fingerprint density at radius 1 is 0.511 bits per heavy atom. The molecule has 256 valence electrons. The number of nitrogens with zero attached hydrogens (tertiary/aromatic N) is 1. The zero-order valence-electron chi connectivity index (χ0n) is 27.3. The molecule has 0 unspecified atom stereocenters. The maximum atomic E-state index is 12.3. The quantitative estimate of drug-likeness (QED) is 0.0471. The Morgan fingerprint density at radius 2 is 1.04 bits per heavy atom. The molecule has 0 fully saturated rings. The van der Waals surface area contributed by atoms with Gasteiger partial charge in [0, 0.05) is 29.3 Å². The highest BCUT2D eigenvalue weighted by atomic mass is 19.4. The number of hydrogen-bond acceptors (Lipinski definition) is 2. The van der Waals surface area contributed by atoms with E-state index in [0.29, 0.717) is 18.5 Å².